The van der Waals surface area contributed by atoms with Gasteiger partial charge in [-0.25, -0.2) is 8.42 Å². The number of halogens is 2. The molecule has 0 aliphatic heterocycles. The van der Waals surface area contributed by atoms with Crippen LogP contribution in [0.15, 0.2) is 52.5 Å². The molecule has 4 rings (SSSR count). The maximum absolute atomic E-state index is 12.7. The summed E-state index contributed by atoms with van der Waals surface area (Å²) in [5.41, 5.74) is 2.66. The molecule has 0 unspecified atom stereocenters. The topological polar surface area (TPSA) is 73.6 Å². The molecular formula is C20H17Cl2N3O3S2. The molecular weight excluding hydrogens is 465 g/mol. The van der Waals surface area contributed by atoms with Gasteiger partial charge >= 0.3 is 0 Å². The maximum atomic E-state index is 12.7. The van der Waals surface area contributed by atoms with E-state index in [4.69, 9.17) is 27.9 Å². The number of hydrogen-bond acceptors (Lipinski definition) is 6. The number of rotatable bonds is 6. The van der Waals surface area contributed by atoms with Crippen molar-refractivity contribution in [2.75, 3.05) is 18.6 Å². The second kappa shape index (κ2) is 8.26. The fourth-order valence-corrected chi connectivity index (χ4v) is 6.60. The van der Waals surface area contributed by atoms with Gasteiger partial charge in [-0.05, 0) is 48.9 Å². The Labute approximate surface area is 188 Å². The van der Waals surface area contributed by atoms with E-state index in [1.807, 2.05) is 35.6 Å². The average molecular weight is 482 g/mol. The zero-order valence-corrected chi connectivity index (χ0v) is 19.2. The summed E-state index contributed by atoms with van der Waals surface area (Å²) in [5.74, 6) is 0.891. The number of pyridine rings is 1. The Bertz CT molecular complexity index is 1370. The van der Waals surface area contributed by atoms with Crippen molar-refractivity contribution in [3.05, 3.63) is 58.1 Å². The van der Waals surface area contributed by atoms with Crippen LogP contribution < -0.4 is 4.74 Å². The number of hydrogen-bond donors (Lipinski definition) is 0. The predicted molar refractivity (Wildman–Crippen MR) is 121 cm³/mol. The SMILES string of the molecule is COc1ccc2c(C)cc3nnc(SCCS(=O)(=O)c4cc(Cl)ccc4Cl)n3c2c1. The van der Waals surface area contributed by atoms with Crippen molar-refractivity contribution >= 4 is 61.4 Å². The van der Waals surface area contributed by atoms with Gasteiger partial charge in [0.2, 0.25) is 0 Å². The van der Waals surface area contributed by atoms with Gasteiger partial charge in [-0.1, -0.05) is 35.0 Å². The Morgan fingerprint density at radius 3 is 2.67 bits per heavy atom. The van der Waals surface area contributed by atoms with E-state index in [-0.39, 0.29) is 21.4 Å². The number of aryl methyl sites for hydroxylation is 1. The number of sulfone groups is 1. The highest BCUT2D eigenvalue weighted by Gasteiger charge is 2.20. The number of aromatic nitrogens is 3. The van der Waals surface area contributed by atoms with Crippen molar-refractivity contribution in [1.82, 2.24) is 14.6 Å². The minimum Gasteiger partial charge on any atom is -0.497 e. The lowest BCUT2D eigenvalue weighted by Gasteiger charge is -2.10. The van der Waals surface area contributed by atoms with Gasteiger partial charge in [-0.2, -0.15) is 0 Å². The van der Waals surface area contributed by atoms with Crippen LogP contribution in [0.4, 0.5) is 0 Å². The zero-order chi connectivity index (χ0) is 21.5. The third kappa shape index (κ3) is 3.97. The fraction of sp³-hybridized carbons (Fsp3) is 0.200. The van der Waals surface area contributed by atoms with E-state index in [2.05, 4.69) is 10.2 Å². The molecule has 30 heavy (non-hydrogen) atoms. The lowest BCUT2D eigenvalue weighted by atomic mass is 10.1. The van der Waals surface area contributed by atoms with Crippen molar-refractivity contribution in [2.45, 2.75) is 17.0 Å². The highest BCUT2D eigenvalue weighted by molar-refractivity contribution is 8.00. The summed E-state index contributed by atoms with van der Waals surface area (Å²) in [6, 6.07) is 12.2. The van der Waals surface area contributed by atoms with Crippen molar-refractivity contribution in [2.24, 2.45) is 0 Å². The van der Waals surface area contributed by atoms with Crippen molar-refractivity contribution in [1.29, 1.82) is 0 Å². The maximum Gasteiger partial charge on any atom is 0.196 e. The Kier molecular flexibility index (Phi) is 5.85. The summed E-state index contributed by atoms with van der Waals surface area (Å²) in [4.78, 5) is 0.0363. The van der Waals surface area contributed by atoms with Gasteiger partial charge in [0, 0.05) is 22.2 Å². The Morgan fingerprint density at radius 2 is 1.90 bits per heavy atom. The average Bonchev–Trinajstić information content (AvgIpc) is 3.12. The first-order chi connectivity index (χ1) is 14.3. The Morgan fingerprint density at radius 1 is 1.10 bits per heavy atom. The van der Waals surface area contributed by atoms with Gasteiger partial charge in [0.25, 0.3) is 0 Å². The van der Waals surface area contributed by atoms with E-state index < -0.39 is 9.84 Å². The minimum atomic E-state index is -3.59. The summed E-state index contributed by atoms with van der Waals surface area (Å²) >= 11 is 13.3. The van der Waals surface area contributed by atoms with Gasteiger partial charge in [-0.3, -0.25) is 4.40 Å². The second-order valence-electron chi connectivity index (χ2n) is 6.63. The van der Waals surface area contributed by atoms with Crippen LogP contribution in [0.25, 0.3) is 16.6 Å². The van der Waals surface area contributed by atoms with E-state index in [0.717, 1.165) is 22.2 Å². The standard InChI is InChI=1S/C20H17Cl2N3O3S2/c1-12-9-19-23-24-20(25(19)17-11-14(28-2)4-5-15(12)17)29-7-8-30(26,27)18-10-13(21)3-6-16(18)22/h3-6,9-11H,7-8H2,1-2H3. The lowest BCUT2D eigenvalue weighted by molar-refractivity contribution is 0.415. The number of benzene rings is 2. The summed E-state index contributed by atoms with van der Waals surface area (Å²) in [7, 11) is -1.98. The molecule has 0 aliphatic carbocycles. The van der Waals surface area contributed by atoms with Crippen molar-refractivity contribution < 1.29 is 13.2 Å². The minimum absolute atomic E-state index is 0.0363. The molecule has 2 heterocycles. The molecule has 0 fully saturated rings. The van der Waals surface area contributed by atoms with Crippen LogP contribution in [-0.4, -0.2) is 41.6 Å². The fourth-order valence-electron chi connectivity index (χ4n) is 3.19. The highest BCUT2D eigenvalue weighted by atomic mass is 35.5. The molecule has 10 heteroatoms. The molecule has 0 amide bonds. The summed E-state index contributed by atoms with van der Waals surface area (Å²) < 4.78 is 32.7. The van der Waals surface area contributed by atoms with Crippen molar-refractivity contribution in [3.63, 3.8) is 0 Å². The first kappa shape index (κ1) is 21.2. The highest BCUT2D eigenvalue weighted by Crippen LogP contribution is 2.30. The number of thioether (sulfide) groups is 1. The Balaban J connectivity index is 1.65. The van der Waals surface area contributed by atoms with Crippen LogP contribution in [0, 0.1) is 6.92 Å². The largest absolute Gasteiger partial charge is 0.497 e. The molecule has 0 saturated heterocycles. The van der Waals surface area contributed by atoms with Gasteiger partial charge in [0.15, 0.2) is 20.6 Å². The third-order valence-electron chi connectivity index (χ3n) is 4.69. The van der Waals surface area contributed by atoms with E-state index >= 15 is 0 Å². The molecule has 2 aromatic heterocycles. The van der Waals surface area contributed by atoms with Crippen LogP contribution in [0.5, 0.6) is 5.75 Å². The molecule has 0 saturated carbocycles. The van der Waals surface area contributed by atoms with Crippen LogP contribution in [-0.2, 0) is 9.84 Å². The molecule has 0 spiro atoms. The van der Waals surface area contributed by atoms with Gasteiger partial charge in [0.1, 0.15) is 5.75 Å². The lowest BCUT2D eigenvalue weighted by Crippen LogP contribution is -2.10. The van der Waals surface area contributed by atoms with Crippen LogP contribution >= 0.6 is 35.0 Å². The monoisotopic (exact) mass is 481 g/mol. The van der Waals surface area contributed by atoms with Crippen LogP contribution in [0.2, 0.25) is 10.0 Å². The molecule has 0 atom stereocenters. The molecule has 6 nitrogen and oxygen atoms in total. The second-order valence-corrected chi connectivity index (χ2v) is 10.6. The summed E-state index contributed by atoms with van der Waals surface area (Å²) in [6.07, 6.45) is 0. The molecule has 0 N–H and O–H groups in total. The van der Waals surface area contributed by atoms with Gasteiger partial charge < -0.3 is 4.74 Å². The van der Waals surface area contributed by atoms with E-state index in [1.165, 1.54) is 23.9 Å². The quantitative estimate of drug-likeness (QED) is 0.357. The molecule has 0 radical (unpaired) electrons. The van der Waals surface area contributed by atoms with E-state index in [0.29, 0.717) is 15.8 Å². The molecule has 0 aliphatic rings. The number of ether oxygens (including phenoxy) is 1. The van der Waals surface area contributed by atoms with Crippen LogP contribution in [0.3, 0.4) is 0 Å². The third-order valence-corrected chi connectivity index (χ3v) is 8.30. The zero-order valence-electron chi connectivity index (χ0n) is 16.1. The van der Waals surface area contributed by atoms with E-state index in [1.54, 1.807) is 13.2 Å². The molecule has 0 bridgehead atoms. The number of methoxy groups -OCH3 is 1. The summed E-state index contributed by atoms with van der Waals surface area (Å²) in [5, 5.41) is 10.6. The van der Waals surface area contributed by atoms with Gasteiger partial charge in [-0.15, -0.1) is 10.2 Å². The molecule has 4 aromatic rings. The number of fused-ring (bicyclic) bond motifs is 3. The van der Waals surface area contributed by atoms with Crippen LogP contribution in [0.1, 0.15) is 5.56 Å². The first-order valence-corrected chi connectivity index (χ1v) is 12.3. The number of nitrogens with zero attached hydrogens (tertiary/aromatic N) is 3. The summed E-state index contributed by atoms with van der Waals surface area (Å²) in [6.45, 7) is 2.01. The van der Waals surface area contributed by atoms with Gasteiger partial charge in [0.05, 0.1) is 28.3 Å². The molecule has 2 aromatic carbocycles. The van der Waals surface area contributed by atoms with Crippen molar-refractivity contribution in [3.8, 4) is 5.75 Å². The molecule has 156 valence electrons. The Hall–Kier alpha value is -2.00. The van der Waals surface area contributed by atoms with E-state index in [9.17, 15) is 8.42 Å². The normalized spacial score (nSPS) is 12.0. The predicted octanol–water partition coefficient (Wildman–Crippen LogP) is 5.07. The first-order valence-electron chi connectivity index (χ1n) is 8.93. The smallest absolute Gasteiger partial charge is 0.196 e.